The highest BCUT2D eigenvalue weighted by Crippen LogP contribution is 2.15. The molecule has 5 heteroatoms. The highest BCUT2D eigenvalue weighted by molar-refractivity contribution is 5.77. The SMILES string of the molecule is COCCNCC(=O)N(C)CCOc1cc(C)cc(C)c1. The number of nitrogens with one attached hydrogen (secondary N) is 1. The first kappa shape index (κ1) is 17.5. The van der Waals surface area contributed by atoms with Crippen molar-refractivity contribution < 1.29 is 14.3 Å². The molecule has 0 bridgehead atoms. The third kappa shape index (κ3) is 7.11. The summed E-state index contributed by atoms with van der Waals surface area (Å²) >= 11 is 0. The second kappa shape index (κ2) is 9.37. The van der Waals surface area contributed by atoms with E-state index in [4.69, 9.17) is 9.47 Å². The first-order valence-electron chi connectivity index (χ1n) is 7.17. The van der Waals surface area contributed by atoms with Crippen molar-refractivity contribution in [3.05, 3.63) is 29.3 Å². The zero-order valence-corrected chi connectivity index (χ0v) is 13.4. The van der Waals surface area contributed by atoms with Gasteiger partial charge in [-0.15, -0.1) is 0 Å². The summed E-state index contributed by atoms with van der Waals surface area (Å²) in [6.07, 6.45) is 0. The summed E-state index contributed by atoms with van der Waals surface area (Å²) in [5.74, 6) is 0.904. The van der Waals surface area contributed by atoms with Gasteiger partial charge in [0.15, 0.2) is 0 Å². The number of methoxy groups -OCH3 is 1. The molecule has 0 aliphatic heterocycles. The van der Waals surface area contributed by atoms with Gasteiger partial charge >= 0.3 is 0 Å². The molecule has 0 aliphatic carbocycles. The highest BCUT2D eigenvalue weighted by Gasteiger charge is 2.08. The zero-order chi connectivity index (χ0) is 15.7. The van der Waals surface area contributed by atoms with Crippen molar-refractivity contribution in [1.82, 2.24) is 10.2 Å². The number of aryl methyl sites for hydroxylation is 2. The molecule has 21 heavy (non-hydrogen) atoms. The smallest absolute Gasteiger partial charge is 0.236 e. The lowest BCUT2D eigenvalue weighted by atomic mass is 10.1. The Labute approximate surface area is 127 Å². The minimum Gasteiger partial charge on any atom is -0.492 e. The van der Waals surface area contributed by atoms with Crippen LogP contribution >= 0.6 is 0 Å². The van der Waals surface area contributed by atoms with Crippen LogP contribution in [0.4, 0.5) is 0 Å². The molecule has 0 spiro atoms. The van der Waals surface area contributed by atoms with Gasteiger partial charge in [-0.3, -0.25) is 4.79 Å². The van der Waals surface area contributed by atoms with E-state index in [-0.39, 0.29) is 5.91 Å². The minimum atomic E-state index is 0.0510. The molecular weight excluding hydrogens is 268 g/mol. The molecular formula is C16H26N2O3. The quantitative estimate of drug-likeness (QED) is 0.699. The fraction of sp³-hybridized carbons (Fsp3) is 0.562. The van der Waals surface area contributed by atoms with Crippen LogP contribution in [-0.2, 0) is 9.53 Å². The fourth-order valence-corrected chi connectivity index (χ4v) is 1.95. The van der Waals surface area contributed by atoms with Gasteiger partial charge in [-0.2, -0.15) is 0 Å². The predicted molar refractivity (Wildman–Crippen MR) is 83.8 cm³/mol. The van der Waals surface area contributed by atoms with Crippen molar-refractivity contribution in [2.24, 2.45) is 0 Å². The first-order chi connectivity index (χ1) is 10.0. The molecule has 0 saturated heterocycles. The van der Waals surface area contributed by atoms with Crippen LogP contribution in [0.25, 0.3) is 0 Å². The number of amides is 1. The number of rotatable bonds is 9. The highest BCUT2D eigenvalue weighted by atomic mass is 16.5. The molecule has 0 aliphatic rings. The van der Waals surface area contributed by atoms with Gasteiger partial charge in [0.1, 0.15) is 12.4 Å². The molecule has 1 amide bonds. The molecule has 0 radical (unpaired) electrons. The zero-order valence-electron chi connectivity index (χ0n) is 13.4. The lowest BCUT2D eigenvalue weighted by Crippen LogP contribution is -2.38. The van der Waals surface area contributed by atoms with Crippen molar-refractivity contribution in [3.8, 4) is 5.75 Å². The number of hydrogen-bond acceptors (Lipinski definition) is 4. The van der Waals surface area contributed by atoms with Crippen LogP contribution in [-0.4, -0.2) is 57.8 Å². The van der Waals surface area contributed by atoms with Gasteiger partial charge in [0, 0.05) is 20.7 Å². The Morgan fingerprint density at radius 1 is 1.19 bits per heavy atom. The third-order valence-corrected chi connectivity index (χ3v) is 3.08. The number of carbonyl (C=O) groups is 1. The van der Waals surface area contributed by atoms with Crippen molar-refractivity contribution in [1.29, 1.82) is 0 Å². The largest absolute Gasteiger partial charge is 0.492 e. The monoisotopic (exact) mass is 294 g/mol. The number of hydrogen-bond donors (Lipinski definition) is 1. The summed E-state index contributed by atoms with van der Waals surface area (Å²) in [4.78, 5) is 13.5. The Hall–Kier alpha value is -1.59. The molecule has 1 aromatic carbocycles. The lowest BCUT2D eigenvalue weighted by molar-refractivity contribution is -0.129. The maximum atomic E-state index is 11.8. The van der Waals surface area contributed by atoms with Gasteiger partial charge in [0.05, 0.1) is 19.7 Å². The van der Waals surface area contributed by atoms with Gasteiger partial charge < -0.3 is 19.7 Å². The molecule has 0 saturated carbocycles. The van der Waals surface area contributed by atoms with Crippen LogP contribution in [0.1, 0.15) is 11.1 Å². The molecule has 1 rings (SSSR count). The normalized spacial score (nSPS) is 10.5. The molecule has 5 nitrogen and oxygen atoms in total. The average Bonchev–Trinajstić information content (AvgIpc) is 2.42. The average molecular weight is 294 g/mol. The summed E-state index contributed by atoms with van der Waals surface area (Å²) in [6.45, 7) is 6.74. The van der Waals surface area contributed by atoms with Crippen LogP contribution in [0.2, 0.25) is 0 Å². The number of likely N-dealkylation sites (N-methyl/N-ethyl adjacent to an activating group) is 1. The summed E-state index contributed by atoms with van der Waals surface area (Å²) < 4.78 is 10.6. The minimum absolute atomic E-state index is 0.0510. The molecule has 0 atom stereocenters. The molecule has 0 aromatic heterocycles. The van der Waals surface area contributed by atoms with E-state index in [9.17, 15) is 4.79 Å². The van der Waals surface area contributed by atoms with E-state index in [0.29, 0.717) is 32.8 Å². The second-order valence-corrected chi connectivity index (χ2v) is 5.16. The second-order valence-electron chi connectivity index (χ2n) is 5.16. The topological polar surface area (TPSA) is 50.8 Å². The standard InChI is InChI=1S/C16H26N2O3/c1-13-9-14(2)11-15(10-13)21-8-6-18(3)16(19)12-17-5-7-20-4/h9-11,17H,5-8,12H2,1-4H3. The number of nitrogens with zero attached hydrogens (tertiary/aromatic N) is 1. The summed E-state index contributed by atoms with van der Waals surface area (Å²) in [5.41, 5.74) is 2.36. The number of ether oxygens (including phenoxy) is 2. The van der Waals surface area contributed by atoms with E-state index in [1.807, 2.05) is 26.0 Å². The predicted octanol–water partition coefficient (Wildman–Crippen LogP) is 1.38. The Bertz CT molecular complexity index is 429. The number of benzene rings is 1. The lowest BCUT2D eigenvalue weighted by Gasteiger charge is -2.18. The maximum Gasteiger partial charge on any atom is 0.236 e. The fourth-order valence-electron chi connectivity index (χ4n) is 1.95. The van der Waals surface area contributed by atoms with E-state index in [1.165, 1.54) is 11.1 Å². The number of carbonyl (C=O) groups excluding carboxylic acids is 1. The Balaban J connectivity index is 2.26. The molecule has 118 valence electrons. The molecule has 0 fully saturated rings. The van der Waals surface area contributed by atoms with Crippen LogP contribution < -0.4 is 10.1 Å². The van der Waals surface area contributed by atoms with Crippen LogP contribution in [0.15, 0.2) is 18.2 Å². The van der Waals surface area contributed by atoms with Crippen molar-refractivity contribution >= 4 is 5.91 Å². The van der Waals surface area contributed by atoms with Gasteiger partial charge in [-0.1, -0.05) is 6.07 Å². The van der Waals surface area contributed by atoms with Crippen molar-refractivity contribution in [2.45, 2.75) is 13.8 Å². The summed E-state index contributed by atoms with van der Waals surface area (Å²) in [7, 11) is 3.42. The van der Waals surface area contributed by atoms with E-state index < -0.39 is 0 Å². The Morgan fingerprint density at radius 3 is 2.48 bits per heavy atom. The molecule has 1 N–H and O–H groups in total. The van der Waals surface area contributed by atoms with Gasteiger partial charge in [0.25, 0.3) is 0 Å². The van der Waals surface area contributed by atoms with Crippen molar-refractivity contribution in [2.75, 3.05) is 47.0 Å². The van der Waals surface area contributed by atoms with E-state index in [1.54, 1.807) is 19.1 Å². The Morgan fingerprint density at radius 2 is 1.86 bits per heavy atom. The molecule has 1 aromatic rings. The Kier molecular flexibility index (Phi) is 7.79. The van der Waals surface area contributed by atoms with Crippen molar-refractivity contribution in [3.63, 3.8) is 0 Å². The molecule has 0 unspecified atom stereocenters. The molecule has 0 heterocycles. The van der Waals surface area contributed by atoms with E-state index in [0.717, 1.165) is 5.75 Å². The first-order valence-corrected chi connectivity index (χ1v) is 7.17. The van der Waals surface area contributed by atoms with E-state index in [2.05, 4.69) is 11.4 Å². The van der Waals surface area contributed by atoms with Gasteiger partial charge in [-0.05, 0) is 37.1 Å². The third-order valence-electron chi connectivity index (χ3n) is 3.08. The van der Waals surface area contributed by atoms with Gasteiger partial charge in [-0.25, -0.2) is 0 Å². The van der Waals surface area contributed by atoms with Gasteiger partial charge in [0.2, 0.25) is 5.91 Å². The van der Waals surface area contributed by atoms with Crippen LogP contribution in [0.5, 0.6) is 5.75 Å². The summed E-state index contributed by atoms with van der Waals surface area (Å²) in [5, 5.41) is 3.03. The van der Waals surface area contributed by atoms with Crippen LogP contribution in [0.3, 0.4) is 0 Å². The summed E-state index contributed by atoms with van der Waals surface area (Å²) in [6, 6.07) is 6.11. The van der Waals surface area contributed by atoms with Crippen LogP contribution in [0, 0.1) is 13.8 Å². The maximum absolute atomic E-state index is 11.8. The van der Waals surface area contributed by atoms with E-state index >= 15 is 0 Å².